The summed E-state index contributed by atoms with van der Waals surface area (Å²) in [5.74, 6) is -1.49. The number of carbonyl (C=O) groups excluding carboxylic acids is 2. The number of anilines is 1. The molecule has 0 saturated heterocycles. The lowest BCUT2D eigenvalue weighted by molar-refractivity contribution is -0.161. The molecule has 3 N–H and O–H groups in total. The van der Waals surface area contributed by atoms with Gasteiger partial charge in [0.05, 0.1) is 17.6 Å². The van der Waals surface area contributed by atoms with Crippen molar-refractivity contribution in [3.05, 3.63) is 71.0 Å². The van der Waals surface area contributed by atoms with Crippen molar-refractivity contribution in [2.45, 2.75) is 45.5 Å². The van der Waals surface area contributed by atoms with Crippen molar-refractivity contribution in [3.63, 3.8) is 0 Å². The molecule has 1 amide bonds. The molecule has 8 nitrogen and oxygen atoms in total. The molecule has 0 fully saturated rings. The maximum absolute atomic E-state index is 13.2. The fraction of sp³-hybridized carbons (Fsp3) is 0.333. The highest BCUT2D eigenvalue weighted by molar-refractivity contribution is 6.31. The van der Waals surface area contributed by atoms with E-state index in [9.17, 15) is 22.8 Å². The number of rotatable bonds is 7. The molecule has 36 heavy (non-hydrogen) atoms. The highest BCUT2D eigenvalue weighted by Gasteiger charge is 2.37. The van der Waals surface area contributed by atoms with E-state index >= 15 is 0 Å². The van der Waals surface area contributed by atoms with Crippen molar-refractivity contribution < 1.29 is 27.5 Å². The molecule has 0 aliphatic rings. The number of aromatic nitrogens is 3. The summed E-state index contributed by atoms with van der Waals surface area (Å²) in [5, 5.41) is 9.43. The van der Waals surface area contributed by atoms with E-state index < -0.39 is 41.3 Å². The fourth-order valence-corrected chi connectivity index (χ4v) is 3.47. The van der Waals surface area contributed by atoms with Crippen LogP contribution in [-0.4, -0.2) is 39.0 Å². The molecule has 2 atom stereocenters. The zero-order valence-corrected chi connectivity index (χ0v) is 20.5. The number of hydrogen-bond donors (Lipinski definition) is 2. The maximum atomic E-state index is 13.2. The van der Waals surface area contributed by atoms with Gasteiger partial charge in [-0.25, -0.2) is 4.68 Å². The van der Waals surface area contributed by atoms with Crippen LogP contribution >= 0.6 is 11.6 Å². The number of amides is 1. The van der Waals surface area contributed by atoms with Gasteiger partial charge in [0.25, 0.3) is 5.91 Å². The normalized spacial score (nSPS) is 13.7. The quantitative estimate of drug-likeness (QED) is 0.444. The van der Waals surface area contributed by atoms with E-state index in [-0.39, 0.29) is 22.8 Å². The van der Waals surface area contributed by atoms with Gasteiger partial charge in [-0.2, -0.15) is 13.2 Å². The van der Waals surface area contributed by atoms with E-state index in [1.165, 1.54) is 18.2 Å². The van der Waals surface area contributed by atoms with Gasteiger partial charge in [-0.15, -0.1) is 5.10 Å². The van der Waals surface area contributed by atoms with Gasteiger partial charge in [-0.3, -0.25) is 9.59 Å². The monoisotopic (exact) mass is 523 g/mol. The number of hydrogen-bond acceptors (Lipinski definition) is 6. The summed E-state index contributed by atoms with van der Waals surface area (Å²) in [6.07, 6.45) is -5.08. The molecule has 0 saturated carbocycles. The Morgan fingerprint density at radius 1 is 1.14 bits per heavy atom. The molecule has 0 radical (unpaired) electrons. The van der Waals surface area contributed by atoms with Crippen LogP contribution in [0, 0.1) is 5.41 Å². The molecule has 0 aliphatic heterocycles. The molecule has 0 spiro atoms. The predicted molar refractivity (Wildman–Crippen MR) is 127 cm³/mol. The van der Waals surface area contributed by atoms with Gasteiger partial charge in [0.1, 0.15) is 6.04 Å². The van der Waals surface area contributed by atoms with Crippen molar-refractivity contribution in [1.82, 2.24) is 15.0 Å². The van der Waals surface area contributed by atoms with Gasteiger partial charge < -0.3 is 15.8 Å². The second-order valence-corrected chi connectivity index (χ2v) is 9.61. The summed E-state index contributed by atoms with van der Waals surface area (Å²) in [6, 6.07) is 12.2. The summed E-state index contributed by atoms with van der Waals surface area (Å²) in [5.41, 5.74) is 4.92. The minimum Gasteiger partial charge on any atom is -0.451 e. The first-order chi connectivity index (χ1) is 16.8. The zero-order valence-electron chi connectivity index (χ0n) is 19.7. The Bertz CT molecular complexity index is 1230. The molecular weight excluding hydrogens is 499 g/mol. The van der Waals surface area contributed by atoms with Crippen LogP contribution < -0.4 is 11.1 Å². The average molecular weight is 524 g/mol. The standard InChI is InChI=1S/C24H25ClF3N5O3/c1-23(2,3)20(36-22(35)16(29)11-14-7-5-4-6-8-14)21(34)30-17-12-15(25)9-10-18(17)33-13-19(31-32-33)24(26,27)28/h4-10,12-13,16,20H,11,29H2,1-3H3,(H,30,34)/t16-,20?/m0/s1. The molecular formula is C24H25ClF3N5O3. The van der Waals surface area contributed by atoms with Gasteiger partial charge >= 0.3 is 12.1 Å². The van der Waals surface area contributed by atoms with E-state index in [4.69, 9.17) is 22.1 Å². The second-order valence-electron chi connectivity index (χ2n) is 9.18. The molecule has 3 aromatic rings. The minimum absolute atomic E-state index is 0.0463. The number of ether oxygens (including phenoxy) is 1. The third kappa shape index (κ3) is 6.82. The summed E-state index contributed by atoms with van der Waals surface area (Å²) in [6.45, 7) is 5.08. The van der Waals surface area contributed by atoms with E-state index in [1.807, 2.05) is 30.3 Å². The van der Waals surface area contributed by atoms with Crippen LogP contribution in [0.15, 0.2) is 54.7 Å². The Kier molecular flexibility index (Phi) is 8.05. The number of nitrogens with zero attached hydrogens (tertiary/aromatic N) is 3. The highest BCUT2D eigenvalue weighted by atomic mass is 35.5. The first kappa shape index (κ1) is 27.2. The third-order valence-corrected chi connectivity index (χ3v) is 5.34. The molecule has 0 aliphatic carbocycles. The molecule has 1 unspecified atom stereocenters. The van der Waals surface area contributed by atoms with Gasteiger partial charge in [0.2, 0.25) is 0 Å². The number of benzene rings is 2. The second kappa shape index (κ2) is 10.7. The van der Waals surface area contributed by atoms with Gasteiger partial charge in [0, 0.05) is 10.4 Å². The zero-order chi connectivity index (χ0) is 26.7. The number of nitrogens with one attached hydrogen (secondary N) is 1. The molecule has 12 heteroatoms. The van der Waals surface area contributed by atoms with Crippen molar-refractivity contribution in [3.8, 4) is 5.69 Å². The summed E-state index contributed by atoms with van der Waals surface area (Å²) < 4.78 is 45.3. The predicted octanol–water partition coefficient (Wildman–Crippen LogP) is 4.41. The molecule has 3 rings (SSSR count). The number of halogens is 4. The van der Waals surface area contributed by atoms with Crippen LogP contribution in [0.2, 0.25) is 5.02 Å². The number of nitrogens with two attached hydrogens (primary N) is 1. The molecule has 192 valence electrons. The van der Waals surface area contributed by atoms with E-state index in [0.717, 1.165) is 10.2 Å². The lowest BCUT2D eigenvalue weighted by atomic mass is 9.88. The largest absolute Gasteiger partial charge is 0.451 e. The Morgan fingerprint density at radius 3 is 2.39 bits per heavy atom. The van der Waals surface area contributed by atoms with E-state index in [0.29, 0.717) is 6.20 Å². The summed E-state index contributed by atoms with van der Waals surface area (Å²) >= 11 is 6.06. The molecule has 1 heterocycles. The average Bonchev–Trinajstić information content (AvgIpc) is 3.28. The Labute approximate surface area is 210 Å². The van der Waals surface area contributed by atoms with Crippen LogP contribution in [0.1, 0.15) is 32.0 Å². The Hall–Kier alpha value is -3.44. The van der Waals surface area contributed by atoms with Gasteiger partial charge in [-0.05, 0) is 30.2 Å². The first-order valence-corrected chi connectivity index (χ1v) is 11.2. The van der Waals surface area contributed by atoms with Crippen LogP contribution in [-0.2, 0) is 26.9 Å². The molecule has 0 bridgehead atoms. The van der Waals surface area contributed by atoms with Crippen LogP contribution in [0.3, 0.4) is 0 Å². The third-order valence-electron chi connectivity index (χ3n) is 5.11. The summed E-state index contributed by atoms with van der Waals surface area (Å²) in [7, 11) is 0. The first-order valence-electron chi connectivity index (χ1n) is 10.9. The Morgan fingerprint density at radius 2 is 1.81 bits per heavy atom. The smallest absolute Gasteiger partial charge is 0.436 e. The molecule has 1 aromatic heterocycles. The minimum atomic E-state index is -4.70. The summed E-state index contributed by atoms with van der Waals surface area (Å²) in [4.78, 5) is 26.0. The van der Waals surface area contributed by atoms with Gasteiger partial charge in [0.15, 0.2) is 11.8 Å². The van der Waals surface area contributed by atoms with E-state index in [2.05, 4.69) is 15.6 Å². The van der Waals surface area contributed by atoms with E-state index in [1.54, 1.807) is 20.8 Å². The van der Waals surface area contributed by atoms with Crippen LogP contribution in [0.4, 0.5) is 18.9 Å². The number of alkyl halides is 3. The lowest BCUT2D eigenvalue weighted by Crippen LogP contribution is -2.46. The topological polar surface area (TPSA) is 112 Å². The Balaban J connectivity index is 1.82. The van der Waals surface area contributed by atoms with Crippen molar-refractivity contribution in [1.29, 1.82) is 0 Å². The lowest BCUT2D eigenvalue weighted by Gasteiger charge is -2.30. The van der Waals surface area contributed by atoms with Crippen LogP contribution in [0.5, 0.6) is 0 Å². The number of esters is 1. The SMILES string of the molecule is CC(C)(C)C(OC(=O)[C@@H](N)Cc1ccccc1)C(=O)Nc1cc(Cl)ccc1-n1cc(C(F)(F)F)nn1. The van der Waals surface area contributed by atoms with Crippen molar-refractivity contribution in [2.75, 3.05) is 5.32 Å². The van der Waals surface area contributed by atoms with Crippen molar-refractivity contribution >= 4 is 29.2 Å². The molecule has 2 aromatic carbocycles. The fourth-order valence-electron chi connectivity index (χ4n) is 3.30. The van der Waals surface area contributed by atoms with Gasteiger partial charge in [-0.1, -0.05) is 67.9 Å². The van der Waals surface area contributed by atoms with Crippen molar-refractivity contribution in [2.24, 2.45) is 11.1 Å². The highest BCUT2D eigenvalue weighted by Crippen LogP contribution is 2.31. The van der Waals surface area contributed by atoms with Crippen LogP contribution in [0.25, 0.3) is 5.69 Å². The maximum Gasteiger partial charge on any atom is 0.436 e. The number of carbonyl (C=O) groups is 2.